The molecule has 25 heavy (non-hydrogen) atoms. The lowest BCUT2D eigenvalue weighted by atomic mass is 10.3. The standard InChI is InChI=1S/C19H23N3O3/c1-21(14-19(24)22(2)16-7-5-4-6-8-16)13-18(23)20-15-9-11-17(25-3)12-10-15/h4-12H,13-14H2,1-3H3,(H,20,23). The van der Waals surface area contributed by atoms with E-state index < -0.39 is 0 Å². The van der Waals surface area contributed by atoms with E-state index in [4.69, 9.17) is 4.74 Å². The van der Waals surface area contributed by atoms with Gasteiger partial charge in [0.05, 0.1) is 20.2 Å². The van der Waals surface area contributed by atoms with Gasteiger partial charge in [0, 0.05) is 18.4 Å². The molecule has 0 bridgehead atoms. The van der Waals surface area contributed by atoms with Crippen LogP contribution in [0.25, 0.3) is 0 Å². The van der Waals surface area contributed by atoms with Crippen molar-refractivity contribution >= 4 is 23.2 Å². The molecule has 132 valence electrons. The van der Waals surface area contributed by atoms with Crippen molar-refractivity contribution in [3.63, 3.8) is 0 Å². The summed E-state index contributed by atoms with van der Waals surface area (Å²) >= 11 is 0. The number of amides is 2. The summed E-state index contributed by atoms with van der Waals surface area (Å²) in [7, 11) is 5.05. The molecular formula is C19H23N3O3. The van der Waals surface area contributed by atoms with E-state index in [9.17, 15) is 9.59 Å². The maximum absolute atomic E-state index is 12.3. The minimum absolute atomic E-state index is 0.0778. The number of carbonyl (C=O) groups is 2. The van der Waals surface area contributed by atoms with Crippen LogP contribution in [0.1, 0.15) is 0 Å². The predicted molar refractivity (Wildman–Crippen MR) is 99.0 cm³/mol. The van der Waals surface area contributed by atoms with E-state index in [0.717, 1.165) is 11.4 Å². The van der Waals surface area contributed by atoms with Gasteiger partial charge in [-0.15, -0.1) is 0 Å². The minimum atomic E-state index is -0.178. The lowest BCUT2D eigenvalue weighted by Crippen LogP contribution is -2.39. The average Bonchev–Trinajstić information content (AvgIpc) is 2.62. The van der Waals surface area contributed by atoms with Gasteiger partial charge >= 0.3 is 0 Å². The molecule has 0 aromatic heterocycles. The van der Waals surface area contributed by atoms with Crippen molar-refractivity contribution in [3.8, 4) is 5.75 Å². The molecule has 0 atom stereocenters. The molecule has 0 aliphatic rings. The van der Waals surface area contributed by atoms with Gasteiger partial charge < -0.3 is 15.0 Å². The zero-order valence-electron chi connectivity index (χ0n) is 14.7. The fourth-order valence-electron chi connectivity index (χ4n) is 2.31. The van der Waals surface area contributed by atoms with Crippen molar-refractivity contribution in [1.29, 1.82) is 0 Å². The molecule has 2 amide bonds. The molecule has 6 heteroatoms. The normalized spacial score (nSPS) is 10.4. The van der Waals surface area contributed by atoms with Crippen LogP contribution in [-0.4, -0.2) is 51.0 Å². The van der Waals surface area contributed by atoms with Crippen LogP contribution in [-0.2, 0) is 9.59 Å². The maximum atomic E-state index is 12.3. The van der Waals surface area contributed by atoms with Crippen LogP contribution >= 0.6 is 0 Å². The van der Waals surface area contributed by atoms with Crippen molar-refractivity contribution in [2.45, 2.75) is 0 Å². The number of carbonyl (C=O) groups excluding carboxylic acids is 2. The Morgan fingerprint density at radius 3 is 2.20 bits per heavy atom. The smallest absolute Gasteiger partial charge is 0.240 e. The summed E-state index contributed by atoms with van der Waals surface area (Å²) in [5.74, 6) is 0.471. The van der Waals surface area contributed by atoms with E-state index in [1.165, 1.54) is 0 Å². The Labute approximate surface area is 148 Å². The highest BCUT2D eigenvalue weighted by atomic mass is 16.5. The van der Waals surface area contributed by atoms with Crippen molar-refractivity contribution in [3.05, 3.63) is 54.6 Å². The molecule has 0 unspecified atom stereocenters. The zero-order valence-corrected chi connectivity index (χ0v) is 14.7. The second kappa shape index (κ2) is 8.84. The molecule has 0 aliphatic carbocycles. The number of nitrogens with zero attached hydrogens (tertiary/aromatic N) is 2. The number of ether oxygens (including phenoxy) is 1. The van der Waals surface area contributed by atoms with Gasteiger partial charge in [-0.25, -0.2) is 0 Å². The summed E-state index contributed by atoms with van der Waals surface area (Å²) in [6.07, 6.45) is 0. The molecule has 2 aromatic carbocycles. The van der Waals surface area contributed by atoms with Crippen molar-refractivity contribution in [1.82, 2.24) is 4.90 Å². The monoisotopic (exact) mass is 341 g/mol. The molecule has 2 rings (SSSR count). The molecule has 0 aliphatic heterocycles. The van der Waals surface area contributed by atoms with Crippen LogP contribution in [0.5, 0.6) is 5.75 Å². The molecular weight excluding hydrogens is 318 g/mol. The van der Waals surface area contributed by atoms with Crippen LogP contribution in [0.15, 0.2) is 54.6 Å². The van der Waals surface area contributed by atoms with Crippen LogP contribution in [0, 0.1) is 0 Å². The maximum Gasteiger partial charge on any atom is 0.240 e. The van der Waals surface area contributed by atoms with Crippen LogP contribution < -0.4 is 15.0 Å². The van der Waals surface area contributed by atoms with E-state index >= 15 is 0 Å². The molecule has 6 nitrogen and oxygen atoms in total. The Hall–Kier alpha value is -2.86. The molecule has 0 radical (unpaired) electrons. The third-order valence-corrected chi connectivity index (χ3v) is 3.71. The molecule has 0 fully saturated rings. The fraction of sp³-hybridized carbons (Fsp3) is 0.263. The first-order valence-electron chi connectivity index (χ1n) is 7.93. The van der Waals surface area contributed by atoms with Crippen molar-refractivity contribution in [2.24, 2.45) is 0 Å². The molecule has 0 saturated heterocycles. The highest BCUT2D eigenvalue weighted by Crippen LogP contribution is 2.15. The first-order valence-corrected chi connectivity index (χ1v) is 7.93. The van der Waals surface area contributed by atoms with E-state index in [1.807, 2.05) is 30.3 Å². The van der Waals surface area contributed by atoms with Gasteiger partial charge in [0.1, 0.15) is 5.75 Å². The highest BCUT2D eigenvalue weighted by Gasteiger charge is 2.15. The first-order chi connectivity index (χ1) is 12.0. The number of hydrogen-bond donors (Lipinski definition) is 1. The van der Waals surface area contributed by atoms with E-state index in [0.29, 0.717) is 5.69 Å². The predicted octanol–water partition coefficient (Wildman–Crippen LogP) is 2.23. The third kappa shape index (κ3) is 5.61. The Balaban J connectivity index is 1.83. The highest BCUT2D eigenvalue weighted by molar-refractivity contribution is 5.95. The molecule has 0 spiro atoms. The van der Waals surface area contributed by atoms with Gasteiger partial charge in [-0.05, 0) is 43.4 Å². The Kier molecular flexibility index (Phi) is 6.54. The summed E-state index contributed by atoms with van der Waals surface area (Å²) in [5, 5.41) is 2.80. The largest absolute Gasteiger partial charge is 0.497 e. The summed E-state index contributed by atoms with van der Waals surface area (Å²) in [6.45, 7) is 0.280. The fourth-order valence-corrected chi connectivity index (χ4v) is 2.31. The second-order valence-electron chi connectivity index (χ2n) is 5.74. The number of benzene rings is 2. The SMILES string of the molecule is COc1ccc(NC(=O)CN(C)CC(=O)N(C)c2ccccc2)cc1. The van der Waals surface area contributed by atoms with Gasteiger partial charge in [-0.3, -0.25) is 14.5 Å². The third-order valence-electron chi connectivity index (χ3n) is 3.71. The number of methoxy groups -OCH3 is 1. The first kappa shape index (κ1) is 18.5. The van der Waals surface area contributed by atoms with Crippen molar-refractivity contribution in [2.75, 3.05) is 44.5 Å². The lowest BCUT2D eigenvalue weighted by molar-refractivity contribution is -0.120. The number of anilines is 2. The summed E-state index contributed by atoms with van der Waals surface area (Å²) in [6, 6.07) is 16.5. The van der Waals surface area contributed by atoms with E-state index in [-0.39, 0.29) is 24.9 Å². The minimum Gasteiger partial charge on any atom is -0.497 e. The second-order valence-corrected chi connectivity index (χ2v) is 5.74. The Morgan fingerprint density at radius 2 is 1.60 bits per heavy atom. The number of nitrogens with one attached hydrogen (secondary N) is 1. The number of rotatable bonds is 7. The van der Waals surface area contributed by atoms with E-state index in [2.05, 4.69) is 5.32 Å². The Morgan fingerprint density at radius 1 is 0.960 bits per heavy atom. The van der Waals surface area contributed by atoms with Crippen LogP contribution in [0.3, 0.4) is 0 Å². The summed E-state index contributed by atoms with van der Waals surface area (Å²) in [4.78, 5) is 27.7. The quantitative estimate of drug-likeness (QED) is 0.839. The van der Waals surface area contributed by atoms with Gasteiger partial charge in [0.25, 0.3) is 0 Å². The van der Waals surface area contributed by atoms with Gasteiger partial charge in [-0.1, -0.05) is 18.2 Å². The topological polar surface area (TPSA) is 61.9 Å². The van der Waals surface area contributed by atoms with Gasteiger partial charge in [-0.2, -0.15) is 0 Å². The van der Waals surface area contributed by atoms with Crippen molar-refractivity contribution < 1.29 is 14.3 Å². The summed E-state index contributed by atoms with van der Waals surface area (Å²) in [5.41, 5.74) is 1.51. The molecule has 0 saturated carbocycles. The summed E-state index contributed by atoms with van der Waals surface area (Å²) < 4.78 is 5.08. The van der Waals surface area contributed by atoms with Gasteiger partial charge in [0.2, 0.25) is 11.8 Å². The molecule has 0 heterocycles. The lowest BCUT2D eigenvalue weighted by Gasteiger charge is -2.21. The average molecular weight is 341 g/mol. The van der Waals surface area contributed by atoms with E-state index in [1.54, 1.807) is 55.3 Å². The van der Waals surface area contributed by atoms with Crippen LogP contribution in [0.2, 0.25) is 0 Å². The number of likely N-dealkylation sites (N-methyl/N-ethyl adjacent to an activating group) is 2. The zero-order chi connectivity index (χ0) is 18.2. The van der Waals surface area contributed by atoms with Crippen LogP contribution in [0.4, 0.5) is 11.4 Å². The number of hydrogen-bond acceptors (Lipinski definition) is 4. The molecule has 2 aromatic rings. The Bertz CT molecular complexity index is 702. The molecule has 1 N–H and O–H groups in total. The number of para-hydroxylation sites is 1. The van der Waals surface area contributed by atoms with Gasteiger partial charge in [0.15, 0.2) is 0 Å².